The number of pyridine rings is 1. The molecule has 2 aliphatic rings. The maximum Gasteiger partial charge on any atom is 0.287 e. The number of nitrogens with zero attached hydrogens (tertiary/aromatic N) is 6. The molecule has 0 bridgehead atoms. The molecule has 3 aromatic rings. The van der Waals surface area contributed by atoms with Crippen molar-refractivity contribution in [3.63, 3.8) is 0 Å². The van der Waals surface area contributed by atoms with Crippen LogP contribution in [0.4, 0.5) is 20.4 Å². The first-order valence-electron chi connectivity index (χ1n) is 9.45. The van der Waals surface area contributed by atoms with Crippen molar-refractivity contribution >= 4 is 28.4 Å². The van der Waals surface area contributed by atoms with Crippen molar-refractivity contribution in [1.82, 2.24) is 24.7 Å². The molecule has 2 fully saturated rings. The molecule has 9 nitrogen and oxygen atoms in total. The SMILES string of the molecule is CC(=O)Nc1cc2c(cn1)c(N1CC3(COC3)C1)nn2-c1nccc(C(C)(F)F)n1. The molecule has 0 saturated carbocycles. The van der Waals surface area contributed by atoms with E-state index in [9.17, 15) is 13.6 Å². The molecule has 1 amide bonds. The maximum atomic E-state index is 13.8. The first-order valence-corrected chi connectivity index (χ1v) is 9.45. The van der Waals surface area contributed by atoms with Gasteiger partial charge in [0.1, 0.15) is 11.5 Å². The highest BCUT2D eigenvalue weighted by Crippen LogP contribution is 2.42. The fraction of sp³-hybridized carbons (Fsp3) is 0.421. The number of nitrogens with one attached hydrogen (secondary N) is 1. The van der Waals surface area contributed by atoms with Gasteiger partial charge in [-0.2, -0.15) is 13.5 Å². The number of aromatic nitrogens is 5. The van der Waals surface area contributed by atoms with Crippen LogP contribution in [0.15, 0.2) is 24.5 Å². The van der Waals surface area contributed by atoms with E-state index in [0.29, 0.717) is 17.2 Å². The number of amides is 1. The molecule has 30 heavy (non-hydrogen) atoms. The lowest BCUT2D eigenvalue weighted by Crippen LogP contribution is -2.66. The van der Waals surface area contributed by atoms with Crippen LogP contribution < -0.4 is 10.2 Å². The third-order valence-electron chi connectivity index (χ3n) is 5.30. The molecule has 0 unspecified atom stereocenters. The Hall–Kier alpha value is -3.21. The molecule has 1 spiro atoms. The molecule has 0 aliphatic carbocycles. The molecule has 0 atom stereocenters. The van der Waals surface area contributed by atoms with Gasteiger partial charge < -0.3 is 15.0 Å². The van der Waals surface area contributed by atoms with Crippen LogP contribution in [0.1, 0.15) is 19.5 Å². The van der Waals surface area contributed by atoms with Crippen LogP contribution >= 0.6 is 0 Å². The lowest BCUT2D eigenvalue weighted by molar-refractivity contribution is -0.127. The number of ether oxygens (including phenoxy) is 1. The van der Waals surface area contributed by atoms with Crippen LogP contribution in [0.2, 0.25) is 0 Å². The van der Waals surface area contributed by atoms with E-state index in [-0.39, 0.29) is 17.3 Å². The number of anilines is 2. The number of fused-ring (bicyclic) bond motifs is 1. The van der Waals surface area contributed by atoms with E-state index in [1.54, 1.807) is 12.3 Å². The Morgan fingerprint density at radius 1 is 1.30 bits per heavy atom. The minimum absolute atomic E-state index is 0.0208. The van der Waals surface area contributed by atoms with E-state index in [1.165, 1.54) is 23.9 Å². The summed E-state index contributed by atoms with van der Waals surface area (Å²) < 4.78 is 34.3. The van der Waals surface area contributed by atoms with Gasteiger partial charge in [-0.15, -0.1) is 5.10 Å². The zero-order valence-corrected chi connectivity index (χ0v) is 16.4. The Kier molecular flexibility index (Phi) is 4.01. The monoisotopic (exact) mass is 415 g/mol. The fourth-order valence-electron chi connectivity index (χ4n) is 3.81. The summed E-state index contributed by atoms with van der Waals surface area (Å²) in [5.74, 6) is -2.37. The molecular weight excluding hydrogens is 396 g/mol. The quantitative estimate of drug-likeness (QED) is 0.697. The van der Waals surface area contributed by atoms with E-state index in [0.717, 1.165) is 38.6 Å². The van der Waals surface area contributed by atoms with Gasteiger partial charge >= 0.3 is 0 Å². The smallest absolute Gasteiger partial charge is 0.287 e. The lowest BCUT2D eigenvalue weighted by Gasteiger charge is -2.55. The second-order valence-corrected chi connectivity index (χ2v) is 7.98. The van der Waals surface area contributed by atoms with E-state index in [4.69, 9.17) is 4.74 Å². The Bertz CT molecular complexity index is 1150. The third kappa shape index (κ3) is 3.05. The topological polar surface area (TPSA) is 98.1 Å². The van der Waals surface area contributed by atoms with E-state index in [1.807, 2.05) is 0 Å². The van der Waals surface area contributed by atoms with Crippen molar-refractivity contribution in [2.24, 2.45) is 5.41 Å². The highest BCUT2D eigenvalue weighted by atomic mass is 19.3. The normalized spacial score (nSPS) is 17.7. The standard InChI is InChI=1S/C19H19F2N7O2/c1-11(29)24-15-5-13-12(6-23-15)16(27-7-19(8-27)9-30-10-19)26-28(13)17-22-4-3-14(25-17)18(2,20)21/h3-6H,7-10H2,1-2H3,(H,23,24,29). The molecule has 5 rings (SSSR count). The van der Waals surface area contributed by atoms with Crippen LogP contribution in [-0.4, -0.2) is 56.9 Å². The van der Waals surface area contributed by atoms with Crippen LogP contribution in [0.25, 0.3) is 16.9 Å². The van der Waals surface area contributed by atoms with Gasteiger partial charge in [-0.3, -0.25) is 4.79 Å². The maximum absolute atomic E-state index is 13.8. The number of carbonyl (C=O) groups is 1. The van der Waals surface area contributed by atoms with Crippen LogP contribution in [0.5, 0.6) is 0 Å². The van der Waals surface area contributed by atoms with Crippen molar-refractivity contribution < 1.29 is 18.3 Å². The van der Waals surface area contributed by atoms with Gasteiger partial charge in [0, 0.05) is 45.4 Å². The van der Waals surface area contributed by atoms with Gasteiger partial charge in [0.25, 0.3) is 11.9 Å². The van der Waals surface area contributed by atoms with Crippen LogP contribution in [0, 0.1) is 5.41 Å². The van der Waals surface area contributed by atoms with E-state index >= 15 is 0 Å². The number of alkyl halides is 2. The van der Waals surface area contributed by atoms with Gasteiger partial charge in [0.15, 0.2) is 5.82 Å². The molecule has 0 radical (unpaired) electrons. The molecule has 1 N–H and O–H groups in total. The van der Waals surface area contributed by atoms with Crippen molar-refractivity contribution in [3.05, 3.63) is 30.2 Å². The highest BCUT2D eigenvalue weighted by molar-refractivity contribution is 5.95. The fourth-order valence-corrected chi connectivity index (χ4v) is 3.81. The summed E-state index contributed by atoms with van der Waals surface area (Å²) in [7, 11) is 0. The first-order chi connectivity index (χ1) is 14.2. The largest absolute Gasteiger partial charge is 0.380 e. The van der Waals surface area contributed by atoms with Crippen molar-refractivity contribution in [2.75, 3.05) is 36.5 Å². The summed E-state index contributed by atoms with van der Waals surface area (Å²) in [5.41, 5.74) is 0.329. The lowest BCUT2D eigenvalue weighted by atomic mass is 9.78. The number of hydrogen-bond donors (Lipinski definition) is 1. The summed E-state index contributed by atoms with van der Waals surface area (Å²) in [6.07, 6.45) is 2.89. The average molecular weight is 415 g/mol. The van der Waals surface area contributed by atoms with Crippen molar-refractivity contribution in [1.29, 1.82) is 0 Å². The number of halogens is 2. The number of rotatable bonds is 4. The Morgan fingerprint density at radius 2 is 2.07 bits per heavy atom. The molecule has 0 aromatic carbocycles. The second kappa shape index (κ2) is 6.39. The highest BCUT2D eigenvalue weighted by Gasteiger charge is 2.50. The average Bonchev–Trinajstić information content (AvgIpc) is 2.97. The Morgan fingerprint density at radius 3 is 2.70 bits per heavy atom. The molecule has 5 heterocycles. The summed E-state index contributed by atoms with van der Waals surface area (Å²) in [6, 6.07) is 2.81. The zero-order chi connectivity index (χ0) is 21.1. The molecule has 2 aliphatic heterocycles. The van der Waals surface area contributed by atoms with Crippen molar-refractivity contribution in [2.45, 2.75) is 19.8 Å². The molecule has 156 valence electrons. The Labute approximate surface area is 170 Å². The van der Waals surface area contributed by atoms with Gasteiger partial charge in [-0.05, 0) is 6.07 Å². The van der Waals surface area contributed by atoms with Crippen molar-refractivity contribution in [3.8, 4) is 5.95 Å². The van der Waals surface area contributed by atoms with E-state index < -0.39 is 11.6 Å². The van der Waals surface area contributed by atoms with Crippen LogP contribution in [-0.2, 0) is 15.5 Å². The predicted molar refractivity (Wildman–Crippen MR) is 104 cm³/mol. The predicted octanol–water partition coefficient (Wildman–Crippen LogP) is 2.12. The summed E-state index contributed by atoms with van der Waals surface area (Å²) >= 11 is 0. The third-order valence-corrected chi connectivity index (χ3v) is 5.30. The van der Waals surface area contributed by atoms with Gasteiger partial charge in [-0.25, -0.2) is 15.0 Å². The second-order valence-electron chi connectivity index (χ2n) is 7.98. The summed E-state index contributed by atoms with van der Waals surface area (Å²) in [6.45, 7) is 5.20. The first kappa shape index (κ1) is 18.8. The number of carbonyl (C=O) groups excluding carboxylic acids is 1. The van der Waals surface area contributed by atoms with Gasteiger partial charge in [-0.1, -0.05) is 0 Å². The number of hydrogen-bond acceptors (Lipinski definition) is 7. The molecule has 2 saturated heterocycles. The molecular formula is C19H19F2N7O2. The van der Waals surface area contributed by atoms with Crippen LogP contribution in [0.3, 0.4) is 0 Å². The molecule has 3 aromatic heterocycles. The van der Waals surface area contributed by atoms with Gasteiger partial charge in [0.2, 0.25) is 5.91 Å². The minimum Gasteiger partial charge on any atom is -0.380 e. The summed E-state index contributed by atoms with van der Waals surface area (Å²) in [5, 5.41) is 7.97. The zero-order valence-electron chi connectivity index (χ0n) is 16.4. The minimum atomic E-state index is -3.11. The van der Waals surface area contributed by atoms with E-state index in [2.05, 4.69) is 30.3 Å². The van der Waals surface area contributed by atoms with Gasteiger partial charge in [0.05, 0.1) is 29.5 Å². The molecule has 11 heteroatoms. The summed E-state index contributed by atoms with van der Waals surface area (Å²) in [4.78, 5) is 26.0. The Balaban J connectivity index is 1.61.